The zero-order valence-electron chi connectivity index (χ0n) is 21.3. The van der Waals surface area contributed by atoms with E-state index in [4.69, 9.17) is 14.5 Å². The molecule has 36 heavy (non-hydrogen) atoms. The molecule has 2 saturated heterocycles. The Balaban J connectivity index is 1.44. The van der Waals surface area contributed by atoms with Gasteiger partial charge in [-0.05, 0) is 126 Å². The van der Waals surface area contributed by atoms with Gasteiger partial charge in [0.1, 0.15) is 11.6 Å². The highest BCUT2D eigenvalue weighted by molar-refractivity contribution is 14.2. The SMILES string of the molecule is CC1CCC=Nc2c(ccn2CC2CCNCC2)C1N1CCOCC1c1ccc(OC(C)(I)I)cc1. The Morgan fingerprint density at radius 2 is 1.92 bits per heavy atom. The molecule has 3 atom stereocenters. The number of halogens is 2. The highest BCUT2D eigenvalue weighted by atomic mass is 127. The average Bonchev–Trinajstić information content (AvgIpc) is 3.22. The molecule has 0 saturated carbocycles. The smallest absolute Gasteiger partial charge is 0.206 e. The predicted molar refractivity (Wildman–Crippen MR) is 163 cm³/mol. The highest BCUT2D eigenvalue weighted by Crippen LogP contribution is 2.44. The van der Waals surface area contributed by atoms with Crippen molar-refractivity contribution in [2.45, 2.75) is 59.8 Å². The standard InChI is InChI=1S/C28H38I2N4O2/c1-20-4-3-12-32-27-24(11-15-33(27)18-21-9-13-31-14-10-21)26(20)34-16-17-35-19-25(34)22-5-7-23(8-6-22)36-28(2,29)30/h5-8,11-12,15,20-21,25-26,31H,3-4,9-10,13-14,16-19H2,1-2H3. The van der Waals surface area contributed by atoms with Crippen LogP contribution in [-0.4, -0.2) is 50.1 Å². The first-order chi connectivity index (χ1) is 17.4. The molecule has 5 rings (SSSR count). The third-order valence-corrected chi connectivity index (χ3v) is 8.23. The van der Waals surface area contributed by atoms with Crippen molar-refractivity contribution in [1.29, 1.82) is 0 Å². The van der Waals surface area contributed by atoms with Crippen LogP contribution in [0.4, 0.5) is 5.82 Å². The molecule has 1 N–H and O–H groups in total. The van der Waals surface area contributed by atoms with E-state index in [-0.39, 0.29) is 7.66 Å². The third kappa shape index (κ3) is 6.47. The molecular formula is C28H38I2N4O2. The number of nitrogens with zero attached hydrogens (tertiary/aromatic N) is 3. The third-order valence-electron chi connectivity index (χ3n) is 7.79. The van der Waals surface area contributed by atoms with Crippen molar-refractivity contribution in [2.24, 2.45) is 16.8 Å². The van der Waals surface area contributed by atoms with Crippen LogP contribution in [0.2, 0.25) is 0 Å². The minimum atomic E-state index is -0.260. The van der Waals surface area contributed by atoms with Crippen LogP contribution in [0.1, 0.15) is 62.7 Å². The van der Waals surface area contributed by atoms with Crippen molar-refractivity contribution in [2.75, 3.05) is 32.8 Å². The number of rotatable bonds is 6. The number of aliphatic imine (C=N–C) groups is 1. The quantitative estimate of drug-likeness (QED) is 0.269. The molecule has 8 heteroatoms. The van der Waals surface area contributed by atoms with Crippen LogP contribution < -0.4 is 10.1 Å². The summed E-state index contributed by atoms with van der Waals surface area (Å²) in [7, 11) is 0. The number of aromatic nitrogens is 1. The summed E-state index contributed by atoms with van der Waals surface area (Å²) >= 11 is 4.63. The van der Waals surface area contributed by atoms with Gasteiger partial charge in [-0.2, -0.15) is 0 Å². The van der Waals surface area contributed by atoms with Crippen molar-refractivity contribution in [3.05, 3.63) is 47.7 Å². The number of alkyl halides is 2. The van der Waals surface area contributed by atoms with Crippen LogP contribution in [0.5, 0.6) is 5.75 Å². The van der Waals surface area contributed by atoms with Gasteiger partial charge in [-0.1, -0.05) is 19.1 Å². The molecule has 0 spiro atoms. The van der Waals surface area contributed by atoms with Crippen LogP contribution >= 0.6 is 45.2 Å². The lowest BCUT2D eigenvalue weighted by Crippen LogP contribution is -2.44. The number of morpholine rings is 1. The number of ether oxygens (including phenoxy) is 2. The first-order valence-electron chi connectivity index (χ1n) is 13.3. The zero-order valence-corrected chi connectivity index (χ0v) is 25.7. The summed E-state index contributed by atoms with van der Waals surface area (Å²) in [6.07, 6.45) is 9.11. The van der Waals surface area contributed by atoms with Gasteiger partial charge in [-0.3, -0.25) is 4.90 Å². The first-order valence-corrected chi connectivity index (χ1v) is 15.5. The minimum absolute atomic E-state index is 0.217. The fourth-order valence-electron chi connectivity index (χ4n) is 6.01. The summed E-state index contributed by atoms with van der Waals surface area (Å²) in [5, 5.41) is 3.50. The van der Waals surface area contributed by atoms with E-state index in [1.54, 1.807) is 0 Å². The summed E-state index contributed by atoms with van der Waals surface area (Å²) in [5.74, 6) is 3.33. The van der Waals surface area contributed by atoms with Crippen molar-refractivity contribution in [3.8, 4) is 5.75 Å². The van der Waals surface area contributed by atoms with E-state index in [9.17, 15) is 0 Å². The van der Waals surface area contributed by atoms with Crippen molar-refractivity contribution in [1.82, 2.24) is 14.8 Å². The molecule has 4 heterocycles. The zero-order chi connectivity index (χ0) is 25.1. The van der Waals surface area contributed by atoms with Gasteiger partial charge in [0.25, 0.3) is 0 Å². The number of hydrogen-bond donors (Lipinski definition) is 1. The van der Waals surface area contributed by atoms with E-state index in [0.717, 1.165) is 57.3 Å². The largest absolute Gasteiger partial charge is 0.468 e. The second-order valence-electron chi connectivity index (χ2n) is 10.6. The number of piperidine rings is 1. The maximum absolute atomic E-state index is 6.05. The summed E-state index contributed by atoms with van der Waals surface area (Å²) < 4.78 is 14.3. The van der Waals surface area contributed by atoms with Crippen LogP contribution in [0.25, 0.3) is 0 Å². The Morgan fingerprint density at radius 1 is 1.14 bits per heavy atom. The second kappa shape index (κ2) is 12.0. The molecule has 3 aliphatic rings. The van der Waals surface area contributed by atoms with E-state index < -0.39 is 0 Å². The molecule has 0 aliphatic carbocycles. The van der Waals surface area contributed by atoms with Gasteiger partial charge < -0.3 is 19.4 Å². The highest BCUT2D eigenvalue weighted by Gasteiger charge is 2.37. The monoisotopic (exact) mass is 716 g/mol. The minimum Gasteiger partial charge on any atom is -0.468 e. The molecule has 196 valence electrons. The topological polar surface area (TPSA) is 51.0 Å². The van der Waals surface area contributed by atoms with Crippen LogP contribution in [-0.2, 0) is 11.3 Å². The Labute approximate surface area is 242 Å². The van der Waals surface area contributed by atoms with E-state index >= 15 is 0 Å². The lowest BCUT2D eigenvalue weighted by Gasteiger charge is -2.44. The fraction of sp³-hybridized carbons (Fsp3) is 0.607. The number of fused-ring (bicyclic) bond motifs is 1. The lowest BCUT2D eigenvalue weighted by atomic mass is 9.87. The predicted octanol–water partition coefficient (Wildman–Crippen LogP) is 6.66. The summed E-state index contributed by atoms with van der Waals surface area (Å²) in [6, 6.07) is 11.5. The average molecular weight is 716 g/mol. The molecule has 3 aliphatic heterocycles. The van der Waals surface area contributed by atoms with Gasteiger partial charge >= 0.3 is 0 Å². The van der Waals surface area contributed by atoms with E-state index in [0.29, 0.717) is 18.6 Å². The van der Waals surface area contributed by atoms with Crippen molar-refractivity contribution in [3.63, 3.8) is 0 Å². The van der Waals surface area contributed by atoms with Crippen molar-refractivity contribution < 1.29 is 9.47 Å². The van der Waals surface area contributed by atoms with Gasteiger partial charge in [0, 0.05) is 37.1 Å². The number of hydrogen-bond acceptors (Lipinski definition) is 5. The van der Waals surface area contributed by atoms with E-state index in [1.807, 2.05) is 0 Å². The van der Waals surface area contributed by atoms with Crippen LogP contribution in [0, 0.1) is 11.8 Å². The Hall–Kier alpha value is -0.690. The first kappa shape index (κ1) is 26.9. The summed E-state index contributed by atoms with van der Waals surface area (Å²) in [5.41, 5.74) is 2.67. The number of nitrogens with one attached hydrogen (secondary N) is 1. The maximum atomic E-state index is 6.05. The molecule has 0 amide bonds. The molecular weight excluding hydrogens is 678 g/mol. The molecule has 0 radical (unpaired) electrons. The molecule has 2 aromatic rings. The van der Waals surface area contributed by atoms with Crippen molar-refractivity contribution >= 4 is 57.2 Å². The van der Waals surface area contributed by atoms with Gasteiger partial charge in [0.15, 0.2) is 0 Å². The molecule has 2 fully saturated rings. The van der Waals surface area contributed by atoms with Crippen LogP contribution in [0.3, 0.4) is 0 Å². The summed E-state index contributed by atoms with van der Waals surface area (Å²) in [4.78, 5) is 7.74. The molecule has 3 unspecified atom stereocenters. The second-order valence-corrected chi connectivity index (χ2v) is 16.7. The normalized spacial score (nSPS) is 26.3. The summed E-state index contributed by atoms with van der Waals surface area (Å²) in [6.45, 7) is 10.2. The fourth-order valence-corrected chi connectivity index (χ4v) is 6.52. The maximum Gasteiger partial charge on any atom is 0.206 e. The molecule has 1 aromatic carbocycles. The van der Waals surface area contributed by atoms with Gasteiger partial charge in [0.05, 0.1) is 19.3 Å². The number of benzene rings is 1. The Kier molecular flexibility index (Phi) is 8.97. The molecule has 0 bridgehead atoms. The van der Waals surface area contributed by atoms with Gasteiger partial charge in [0.2, 0.25) is 1.61 Å². The van der Waals surface area contributed by atoms with Gasteiger partial charge in [-0.25, -0.2) is 4.99 Å². The Morgan fingerprint density at radius 3 is 2.67 bits per heavy atom. The van der Waals surface area contributed by atoms with E-state index in [1.165, 1.54) is 29.8 Å². The van der Waals surface area contributed by atoms with Crippen LogP contribution in [0.15, 0.2) is 41.5 Å². The lowest BCUT2D eigenvalue weighted by molar-refractivity contribution is -0.0430. The Bertz CT molecular complexity index is 1030. The van der Waals surface area contributed by atoms with Gasteiger partial charge in [-0.15, -0.1) is 0 Å². The van der Waals surface area contributed by atoms with E-state index in [2.05, 4.69) is 117 Å². The molecule has 6 nitrogen and oxygen atoms in total. The molecule has 1 aromatic heterocycles.